The van der Waals surface area contributed by atoms with Crippen LogP contribution >= 0.6 is 0 Å². The van der Waals surface area contributed by atoms with Gasteiger partial charge in [0.25, 0.3) is 5.91 Å². The van der Waals surface area contributed by atoms with E-state index in [4.69, 9.17) is 10.5 Å². The number of nitrogens with one attached hydrogen (secondary N) is 2. The van der Waals surface area contributed by atoms with E-state index in [9.17, 15) is 9.59 Å². The number of anilines is 1. The zero-order valence-corrected chi connectivity index (χ0v) is 12.0. The van der Waals surface area contributed by atoms with E-state index in [0.717, 1.165) is 0 Å². The van der Waals surface area contributed by atoms with Gasteiger partial charge in [-0.2, -0.15) is 0 Å². The summed E-state index contributed by atoms with van der Waals surface area (Å²) in [5, 5.41) is 5.26. The standard InChI is InChI=1S/C14H21N3O3/c1-9(2)7-16-13(18)8-17-14(19)11-6-10(15)4-5-12(11)20-3/h4-6,9H,7-8,15H2,1-3H3,(H,16,18)(H,17,19). The fourth-order valence-corrected chi connectivity index (χ4v) is 1.54. The third-order valence-corrected chi connectivity index (χ3v) is 2.59. The molecular weight excluding hydrogens is 258 g/mol. The highest BCUT2D eigenvalue weighted by Crippen LogP contribution is 2.20. The first-order chi connectivity index (χ1) is 9.43. The first kappa shape index (κ1) is 15.8. The second kappa shape index (κ2) is 7.37. The molecule has 0 unspecified atom stereocenters. The van der Waals surface area contributed by atoms with E-state index in [0.29, 0.717) is 29.5 Å². The Bertz CT molecular complexity index is 487. The van der Waals surface area contributed by atoms with Crippen molar-refractivity contribution in [3.8, 4) is 5.75 Å². The molecule has 0 aromatic heterocycles. The molecule has 0 bridgehead atoms. The topological polar surface area (TPSA) is 93.4 Å². The third-order valence-electron chi connectivity index (χ3n) is 2.59. The zero-order valence-electron chi connectivity index (χ0n) is 12.0. The van der Waals surface area contributed by atoms with Crippen molar-refractivity contribution >= 4 is 17.5 Å². The molecule has 4 N–H and O–H groups in total. The van der Waals surface area contributed by atoms with E-state index in [1.54, 1.807) is 12.1 Å². The molecule has 0 atom stereocenters. The number of amides is 2. The minimum atomic E-state index is -0.395. The molecule has 0 aliphatic heterocycles. The van der Waals surface area contributed by atoms with Crippen LogP contribution in [0.5, 0.6) is 5.75 Å². The van der Waals surface area contributed by atoms with Crippen molar-refractivity contribution in [3.05, 3.63) is 23.8 Å². The first-order valence-electron chi connectivity index (χ1n) is 6.42. The highest BCUT2D eigenvalue weighted by Gasteiger charge is 2.13. The van der Waals surface area contributed by atoms with Crippen molar-refractivity contribution in [2.75, 3.05) is 25.9 Å². The quantitative estimate of drug-likeness (QED) is 0.671. The van der Waals surface area contributed by atoms with Gasteiger partial charge in [0.05, 0.1) is 19.2 Å². The Balaban J connectivity index is 2.59. The number of nitrogens with two attached hydrogens (primary N) is 1. The molecule has 0 radical (unpaired) electrons. The van der Waals surface area contributed by atoms with Crippen molar-refractivity contribution in [1.29, 1.82) is 0 Å². The summed E-state index contributed by atoms with van der Waals surface area (Å²) < 4.78 is 5.09. The molecule has 1 aromatic rings. The van der Waals surface area contributed by atoms with E-state index in [1.165, 1.54) is 13.2 Å². The maximum atomic E-state index is 12.0. The SMILES string of the molecule is COc1ccc(N)cc1C(=O)NCC(=O)NCC(C)C. The summed E-state index contributed by atoms with van der Waals surface area (Å²) in [4.78, 5) is 23.5. The predicted molar refractivity (Wildman–Crippen MR) is 77.6 cm³/mol. The Kier molecular flexibility index (Phi) is 5.83. The number of hydrogen-bond donors (Lipinski definition) is 3. The van der Waals surface area contributed by atoms with Crippen LogP contribution < -0.4 is 21.1 Å². The van der Waals surface area contributed by atoms with E-state index in [2.05, 4.69) is 10.6 Å². The first-order valence-corrected chi connectivity index (χ1v) is 6.42. The lowest BCUT2D eigenvalue weighted by molar-refractivity contribution is -0.120. The Morgan fingerprint density at radius 1 is 1.30 bits per heavy atom. The number of nitrogen functional groups attached to an aromatic ring is 1. The normalized spacial score (nSPS) is 10.2. The van der Waals surface area contributed by atoms with E-state index >= 15 is 0 Å². The molecule has 0 saturated heterocycles. The van der Waals surface area contributed by atoms with Crippen molar-refractivity contribution in [1.82, 2.24) is 10.6 Å². The molecule has 0 saturated carbocycles. The van der Waals surface area contributed by atoms with Gasteiger partial charge < -0.3 is 21.1 Å². The Morgan fingerprint density at radius 2 is 2.00 bits per heavy atom. The number of rotatable bonds is 6. The monoisotopic (exact) mass is 279 g/mol. The molecule has 20 heavy (non-hydrogen) atoms. The second-order valence-corrected chi connectivity index (χ2v) is 4.84. The molecule has 1 rings (SSSR count). The number of hydrogen-bond acceptors (Lipinski definition) is 4. The Labute approximate surface area is 118 Å². The van der Waals surface area contributed by atoms with Gasteiger partial charge in [-0.1, -0.05) is 13.8 Å². The summed E-state index contributed by atoms with van der Waals surface area (Å²) in [6.07, 6.45) is 0. The van der Waals surface area contributed by atoms with Crippen LogP contribution in [0.3, 0.4) is 0 Å². The zero-order chi connectivity index (χ0) is 15.1. The molecule has 0 heterocycles. The van der Waals surface area contributed by atoms with Crippen LogP contribution in [0.15, 0.2) is 18.2 Å². The average Bonchev–Trinajstić information content (AvgIpc) is 2.42. The molecule has 0 aliphatic rings. The molecule has 6 nitrogen and oxygen atoms in total. The Hall–Kier alpha value is -2.24. The van der Waals surface area contributed by atoms with Crippen LogP contribution in [-0.4, -0.2) is 32.0 Å². The molecular formula is C14H21N3O3. The van der Waals surface area contributed by atoms with Crippen molar-refractivity contribution in [3.63, 3.8) is 0 Å². The lowest BCUT2D eigenvalue weighted by Crippen LogP contribution is -2.38. The van der Waals surface area contributed by atoms with E-state index in [-0.39, 0.29) is 12.5 Å². The maximum absolute atomic E-state index is 12.0. The highest BCUT2D eigenvalue weighted by molar-refractivity contribution is 5.99. The molecule has 0 spiro atoms. The second-order valence-electron chi connectivity index (χ2n) is 4.84. The van der Waals surface area contributed by atoms with Crippen LogP contribution in [0.1, 0.15) is 24.2 Å². The Morgan fingerprint density at radius 3 is 2.60 bits per heavy atom. The van der Waals surface area contributed by atoms with Gasteiger partial charge in [-0.25, -0.2) is 0 Å². The van der Waals surface area contributed by atoms with Crippen LogP contribution in [0.2, 0.25) is 0 Å². The predicted octanol–water partition coefficient (Wildman–Crippen LogP) is 0.779. The van der Waals surface area contributed by atoms with Gasteiger partial charge >= 0.3 is 0 Å². The van der Waals surface area contributed by atoms with Crippen LogP contribution in [-0.2, 0) is 4.79 Å². The molecule has 0 aliphatic carbocycles. The van der Waals surface area contributed by atoms with Gasteiger partial charge in [-0.15, -0.1) is 0 Å². The minimum Gasteiger partial charge on any atom is -0.496 e. The summed E-state index contributed by atoms with van der Waals surface area (Å²) in [5.41, 5.74) is 6.41. The van der Waals surface area contributed by atoms with Crippen LogP contribution in [0, 0.1) is 5.92 Å². The molecule has 2 amide bonds. The fourth-order valence-electron chi connectivity index (χ4n) is 1.54. The van der Waals surface area contributed by atoms with Crippen molar-refractivity contribution in [2.24, 2.45) is 5.92 Å². The van der Waals surface area contributed by atoms with Gasteiger partial charge in [0.1, 0.15) is 5.75 Å². The number of carbonyl (C=O) groups is 2. The summed E-state index contributed by atoms with van der Waals surface area (Å²) in [6, 6.07) is 4.77. The van der Waals surface area contributed by atoms with Gasteiger partial charge in [0, 0.05) is 12.2 Å². The largest absolute Gasteiger partial charge is 0.496 e. The molecule has 0 fully saturated rings. The van der Waals surface area contributed by atoms with Gasteiger partial charge in [0.2, 0.25) is 5.91 Å². The van der Waals surface area contributed by atoms with Gasteiger partial charge in [0.15, 0.2) is 0 Å². The molecule has 1 aromatic carbocycles. The fraction of sp³-hybridized carbons (Fsp3) is 0.429. The molecule has 6 heteroatoms. The number of carbonyl (C=O) groups excluding carboxylic acids is 2. The van der Waals surface area contributed by atoms with Crippen LogP contribution in [0.25, 0.3) is 0 Å². The van der Waals surface area contributed by atoms with Crippen molar-refractivity contribution < 1.29 is 14.3 Å². The van der Waals surface area contributed by atoms with Gasteiger partial charge in [-0.3, -0.25) is 9.59 Å². The van der Waals surface area contributed by atoms with E-state index in [1.807, 2.05) is 13.8 Å². The van der Waals surface area contributed by atoms with Crippen molar-refractivity contribution in [2.45, 2.75) is 13.8 Å². The van der Waals surface area contributed by atoms with Crippen LogP contribution in [0.4, 0.5) is 5.69 Å². The third kappa shape index (κ3) is 4.79. The summed E-state index contributed by atoms with van der Waals surface area (Å²) in [7, 11) is 1.47. The summed E-state index contributed by atoms with van der Waals surface area (Å²) in [6.45, 7) is 4.49. The summed E-state index contributed by atoms with van der Waals surface area (Å²) >= 11 is 0. The van der Waals surface area contributed by atoms with E-state index < -0.39 is 5.91 Å². The number of methoxy groups -OCH3 is 1. The average molecular weight is 279 g/mol. The molecule has 110 valence electrons. The number of ether oxygens (including phenoxy) is 1. The lowest BCUT2D eigenvalue weighted by Gasteiger charge is -2.11. The maximum Gasteiger partial charge on any atom is 0.255 e. The lowest BCUT2D eigenvalue weighted by atomic mass is 10.1. The minimum absolute atomic E-state index is 0.0799. The smallest absolute Gasteiger partial charge is 0.255 e. The van der Waals surface area contributed by atoms with Gasteiger partial charge in [-0.05, 0) is 24.1 Å². The summed E-state index contributed by atoms with van der Waals surface area (Å²) in [5.74, 6) is 0.159. The highest BCUT2D eigenvalue weighted by atomic mass is 16.5. The number of benzene rings is 1.